The molecule has 1 aromatic rings. The molecule has 1 rings (SSSR count). The first kappa shape index (κ1) is 15.9. The maximum absolute atomic E-state index is 12.0. The Morgan fingerprint density at radius 1 is 1.47 bits per heavy atom. The van der Waals surface area contributed by atoms with E-state index in [9.17, 15) is 18.0 Å². The highest BCUT2D eigenvalue weighted by Gasteiger charge is 2.29. The highest BCUT2D eigenvalue weighted by atomic mass is 32.1. The number of alkyl halides is 3. The van der Waals surface area contributed by atoms with Crippen molar-refractivity contribution in [1.29, 1.82) is 0 Å². The fraction of sp³-hybridized carbons (Fsp3) is 0.636. The smallest absolute Gasteiger partial charge is 0.346 e. The van der Waals surface area contributed by atoms with Crippen LogP contribution in [0.5, 0.6) is 0 Å². The van der Waals surface area contributed by atoms with Gasteiger partial charge in [-0.3, -0.25) is 10.1 Å². The molecule has 4 nitrogen and oxygen atoms in total. The summed E-state index contributed by atoms with van der Waals surface area (Å²) in [7, 11) is 0. The zero-order valence-electron chi connectivity index (χ0n) is 10.8. The lowest BCUT2D eigenvalue weighted by Crippen LogP contribution is -2.45. The molecule has 0 saturated heterocycles. The van der Waals surface area contributed by atoms with Crippen LogP contribution < -0.4 is 10.6 Å². The minimum atomic E-state index is -4.40. The van der Waals surface area contributed by atoms with Crippen LogP contribution in [-0.4, -0.2) is 29.7 Å². The Morgan fingerprint density at radius 3 is 2.58 bits per heavy atom. The van der Waals surface area contributed by atoms with Crippen molar-refractivity contribution in [3.8, 4) is 0 Å². The number of hydrogen-bond acceptors (Lipinski definition) is 4. The Hall–Kier alpha value is -1.15. The van der Waals surface area contributed by atoms with Crippen LogP contribution in [0.15, 0.2) is 5.38 Å². The van der Waals surface area contributed by atoms with Crippen molar-refractivity contribution >= 4 is 17.2 Å². The Morgan fingerprint density at radius 2 is 2.11 bits per heavy atom. The SMILES string of the molecule is Cc1csc(C(C)NC(C)C(=O)NCC(F)(F)F)n1. The first-order valence-electron chi connectivity index (χ1n) is 5.71. The zero-order chi connectivity index (χ0) is 14.6. The molecule has 1 amide bonds. The maximum atomic E-state index is 12.0. The van der Waals surface area contributed by atoms with Gasteiger partial charge in [0.05, 0.1) is 12.1 Å². The molecule has 0 saturated carbocycles. The van der Waals surface area contributed by atoms with E-state index in [0.29, 0.717) is 0 Å². The largest absolute Gasteiger partial charge is 0.405 e. The third-order valence-corrected chi connectivity index (χ3v) is 3.51. The molecule has 0 aliphatic rings. The van der Waals surface area contributed by atoms with Gasteiger partial charge < -0.3 is 5.32 Å². The van der Waals surface area contributed by atoms with Gasteiger partial charge in [-0.05, 0) is 20.8 Å². The van der Waals surface area contributed by atoms with Crippen molar-refractivity contribution in [2.75, 3.05) is 6.54 Å². The van der Waals surface area contributed by atoms with E-state index in [0.717, 1.165) is 10.7 Å². The van der Waals surface area contributed by atoms with Crippen molar-refractivity contribution in [3.63, 3.8) is 0 Å². The number of hydrogen-bond donors (Lipinski definition) is 2. The highest BCUT2D eigenvalue weighted by Crippen LogP contribution is 2.18. The van der Waals surface area contributed by atoms with Gasteiger partial charge in [0, 0.05) is 11.1 Å². The van der Waals surface area contributed by atoms with Gasteiger partial charge in [-0.15, -0.1) is 11.3 Å². The number of nitrogens with one attached hydrogen (secondary N) is 2. The topological polar surface area (TPSA) is 54.0 Å². The van der Waals surface area contributed by atoms with Gasteiger partial charge in [-0.2, -0.15) is 13.2 Å². The number of aryl methyl sites for hydroxylation is 1. The summed E-state index contributed by atoms with van der Waals surface area (Å²) in [5.74, 6) is -0.683. The number of nitrogens with zero attached hydrogens (tertiary/aromatic N) is 1. The fourth-order valence-corrected chi connectivity index (χ4v) is 2.25. The van der Waals surface area contributed by atoms with Crippen LogP contribution in [0.1, 0.15) is 30.6 Å². The minimum absolute atomic E-state index is 0.190. The lowest BCUT2D eigenvalue weighted by Gasteiger charge is -2.18. The first-order chi connectivity index (χ1) is 8.69. The summed E-state index contributed by atoms with van der Waals surface area (Å²) in [6.45, 7) is 3.86. The van der Waals surface area contributed by atoms with Crippen LogP contribution in [-0.2, 0) is 4.79 Å². The van der Waals surface area contributed by atoms with Crippen molar-refractivity contribution in [1.82, 2.24) is 15.6 Å². The second-order valence-corrected chi connectivity index (χ2v) is 5.16. The summed E-state index contributed by atoms with van der Waals surface area (Å²) in [4.78, 5) is 15.7. The van der Waals surface area contributed by atoms with Crippen LogP contribution >= 0.6 is 11.3 Å². The second kappa shape index (κ2) is 6.33. The van der Waals surface area contributed by atoms with E-state index in [-0.39, 0.29) is 6.04 Å². The Labute approximate surface area is 113 Å². The van der Waals surface area contributed by atoms with Crippen LogP contribution in [0, 0.1) is 6.92 Å². The third-order valence-electron chi connectivity index (χ3n) is 2.36. The molecule has 1 aromatic heterocycles. The van der Waals surface area contributed by atoms with E-state index in [4.69, 9.17) is 0 Å². The number of carbonyl (C=O) groups excluding carboxylic acids is 1. The van der Waals surface area contributed by atoms with E-state index in [1.54, 1.807) is 0 Å². The van der Waals surface area contributed by atoms with Crippen LogP contribution in [0.2, 0.25) is 0 Å². The number of thiazole rings is 1. The lowest BCUT2D eigenvalue weighted by atomic mass is 10.2. The molecule has 1 heterocycles. The molecule has 8 heteroatoms. The van der Waals surface area contributed by atoms with Gasteiger partial charge in [-0.25, -0.2) is 4.98 Å². The number of carbonyl (C=O) groups is 1. The van der Waals surface area contributed by atoms with E-state index >= 15 is 0 Å². The third kappa shape index (κ3) is 5.56. The van der Waals surface area contributed by atoms with Crippen molar-refractivity contribution in [3.05, 3.63) is 16.1 Å². The monoisotopic (exact) mass is 295 g/mol. The summed E-state index contributed by atoms with van der Waals surface area (Å²) in [5, 5.41) is 7.43. The molecule has 0 fully saturated rings. The molecule has 108 valence electrons. The molecule has 0 spiro atoms. The standard InChI is InChI=1S/C11H16F3N3OS/c1-6-4-19-10(16-6)8(3)17-7(2)9(18)15-5-11(12,13)14/h4,7-8,17H,5H2,1-3H3,(H,15,18). The van der Waals surface area contributed by atoms with E-state index in [1.165, 1.54) is 18.3 Å². The van der Waals surface area contributed by atoms with Gasteiger partial charge in [0.1, 0.15) is 11.6 Å². The summed E-state index contributed by atoms with van der Waals surface area (Å²) in [6, 6.07) is -0.910. The molecule has 0 aliphatic heterocycles. The van der Waals surface area contributed by atoms with Crippen LogP contribution in [0.4, 0.5) is 13.2 Å². The summed E-state index contributed by atoms with van der Waals surface area (Å²) >= 11 is 1.44. The average molecular weight is 295 g/mol. The Kier molecular flexibility index (Phi) is 5.30. The van der Waals surface area contributed by atoms with Gasteiger partial charge in [0.25, 0.3) is 0 Å². The molecule has 0 bridgehead atoms. The average Bonchev–Trinajstić information content (AvgIpc) is 2.71. The van der Waals surface area contributed by atoms with Gasteiger partial charge in [0.15, 0.2) is 0 Å². The van der Waals surface area contributed by atoms with Crippen LogP contribution in [0.3, 0.4) is 0 Å². The lowest BCUT2D eigenvalue weighted by molar-refractivity contribution is -0.139. The molecule has 2 atom stereocenters. The predicted octanol–water partition coefficient (Wildman–Crippen LogP) is 2.17. The van der Waals surface area contributed by atoms with Crippen LogP contribution in [0.25, 0.3) is 0 Å². The van der Waals surface area contributed by atoms with Gasteiger partial charge in [0.2, 0.25) is 5.91 Å². The Balaban J connectivity index is 2.45. The molecule has 0 aromatic carbocycles. The van der Waals surface area contributed by atoms with Crippen molar-refractivity contribution in [2.45, 2.75) is 39.0 Å². The van der Waals surface area contributed by atoms with Crippen molar-refractivity contribution in [2.24, 2.45) is 0 Å². The molecule has 2 unspecified atom stereocenters. The molecule has 0 aliphatic carbocycles. The zero-order valence-corrected chi connectivity index (χ0v) is 11.7. The normalized spacial score (nSPS) is 15.1. The fourth-order valence-electron chi connectivity index (χ4n) is 1.43. The number of aromatic nitrogens is 1. The van der Waals surface area contributed by atoms with Crippen molar-refractivity contribution < 1.29 is 18.0 Å². The molecule has 19 heavy (non-hydrogen) atoms. The van der Waals surface area contributed by atoms with E-state index < -0.39 is 24.7 Å². The first-order valence-corrected chi connectivity index (χ1v) is 6.59. The second-order valence-electron chi connectivity index (χ2n) is 4.27. The number of halogens is 3. The maximum Gasteiger partial charge on any atom is 0.405 e. The van der Waals surface area contributed by atoms with Gasteiger partial charge >= 0.3 is 6.18 Å². The molecule has 2 N–H and O–H groups in total. The highest BCUT2D eigenvalue weighted by molar-refractivity contribution is 7.09. The Bertz CT molecular complexity index is 433. The van der Waals surface area contributed by atoms with Gasteiger partial charge in [-0.1, -0.05) is 0 Å². The molecule has 0 radical (unpaired) electrons. The van der Waals surface area contributed by atoms with E-state index in [1.807, 2.05) is 24.5 Å². The summed E-state index contributed by atoms with van der Waals surface area (Å²) in [6.07, 6.45) is -4.40. The molecular weight excluding hydrogens is 279 g/mol. The number of amides is 1. The van der Waals surface area contributed by atoms with E-state index in [2.05, 4.69) is 10.3 Å². The minimum Gasteiger partial charge on any atom is -0.346 e. The number of rotatable bonds is 5. The quantitative estimate of drug-likeness (QED) is 0.875. The summed E-state index contributed by atoms with van der Waals surface area (Å²) in [5.41, 5.74) is 0.878. The summed E-state index contributed by atoms with van der Waals surface area (Å²) < 4.78 is 35.9. The predicted molar refractivity (Wildman–Crippen MR) is 66.9 cm³/mol. The molecular formula is C11H16F3N3OS.